The van der Waals surface area contributed by atoms with Gasteiger partial charge in [0.15, 0.2) is 5.76 Å². The Balaban J connectivity index is 1.60. The van der Waals surface area contributed by atoms with E-state index in [0.717, 1.165) is 11.9 Å². The molecular formula is C23H23N3O5. The van der Waals surface area contributed by atoms with Crippen LogP contribution in [0.5, 0.6) is 5.75 Å². The van der Waals surface area contributed by atoms with Gasteiger partial charge in [-0.3, -0.25) is 14.8 Å². The van der Waals surface area contributed by atoms with E-state index in [0.29, 0.717) is 29.1 Å². The second-order valence-electron chi connectivity index (χ2n) is 6.93. The summed E-state index contributed by atoms with van der Waals surface area (Å²) >= 11 is 0. The second kappa shape index (κ2) is 10.3. The zero-order valence-corrected chi connectivity index (χ0v) is 17.3. The SMILES string of the molecule is CN(C)CCOc1cccc2oc(C(=O)NCC#Cc3ccc(C(=O)NO)cc3)cc12. The number of furan rings is 1. The molecule has 2 amide bonds. The molecule has 160 valence electrons. The topological polar surface area (TPSA) is 104 Å². The van der Waals surface area contributed by atoms with E-state index in [1.807, 2.05) is 31.1 Å². The number of nitrogens with zero attached hydrogens (tertiary/aromatic N) is 1. The number of likely N-dealkylation sites (N-methyl/N-ethyl adjacent to an activating group) is 1. The van der Waals surface area contributed by atoms with Crippen molar-refractivity contribution in [3.63, 3.8) is 0 Å². The van der Waals surface area contributed by atoms with Gasteiger partial charge >= 0.3 is 0 Å². The van der Waals surface area contributed by atoms with Crippen molar-refractivity contribution < 1.29 is 24.0 Å². The van der Waals surface area contributed by atoms with Gasteiger partial charge in [0, 0.05) is 23.7 Å². The Kier molecular flexibility index (Phi) is 7.27. The maximum absolute atomic E-state index is 12.4. The first-order chi connectivity index (χ1) is 15.0. The van der Waals surface area contributed by atoms with Gasteiger partial charge in [-0.2, -0.15) is 0 Å². The molecule has 3 N–H and O–H groups in total. The lowest BCUT2D eigenvalue weighted by Gasteiger charge is -2.11. The maximum Gasteiger partial charge on any atom is 0.287 e. The second-order valence-corrected chi connectivity index (χ2v) is 6.93. The predicted octanol–water partition coefficient (Wildman–Crippen LogP) is 2.27. The third-order valence-electron chi connectivity index (χ3n) is 4.36. The molecule has 8 nitrogen and oxygen atoms in total. The van der Waals surface area contributed by atoms with Crippen molar-refractivity contribution in [3.8, 4) is 17.6 Å². The molecule has 3 aromatic rings. The molecule has 2 aromatic carbocycles. The van der Waals surface area contributed by atoms with Crippen LogP contribution in [0.4, 0.5) is 0 Å². The molecule has 0 unspecified atom stereocenters. The molecule has 1 aromatic heterocycles. The van der Waals surface area contributed by atoms with E-state index in [4.69, 9.17) is 14.4 Å². The van der Waals surface area contributed by atoms with Gasteiger partial charge in [-0.25, -0.2) is 5.48 Å². The average molecular weight is 421 g/mol. The van der Waals surface area contributed by atoms with Crippen molar-refractivity contribution in [2.45, 2.75) is 0 Å². The fourth-order valence-electron chi connectivity index (χ4n) is 2.74. The number of carbonyl (C=O) groups excluding carboxylic acids is 2. The first kappa shape index (κ1) is 21.9. The summed E-state index contributed by atoms with van der Waals surface area (Å²) in [6.07, 6.45) is 0. The summed E-state index contributed by atoms with van der Waals surface area (Å²) in [5.74, 6) is 5.61. The zero-order chi connectivity index (χ0) is 22.2. The van der Waals surface area contributed by atoms with E-state index >= 15 is 0 Å². The molecule has 8 heteroatoms. The summed E-state index contributed by atoms with van der Waals surface area (Å²) in [6, 6.07) is 13.5. The minimum Gasteiger partial charge on any atom is -0.491 e. The van der Waals surface area contributed by atoms with Gasteiger partial charge in [-0.1, -0.05) is 17.9 Å². The highest BCUT2D eigenvalue weighted by Gasteiger charge is 2.14. The van der Waals surface area contributed by atoms with Crippen LogP contribution in [0.25, 0.3) is 11.0 Å². The summed E-state index contributed by atoms with van der Waals surface area (Å²) in [6.45, 7) is 1.43. The molecule has 3 rings (SSSR count). The quantitative estimate of drug-likeness (QED) is 0.307. The van der Waals surface area contributed by atoms with E-state index in [9.17, 15) is 9.59 Å². The number of nitrogens with one attached hydrogen (secondary N) is 2. The van der Waals surface area contributed by atoms with Crippen LogP contribution in [0, 0.1) is 11.8 Å². The first-order valence-electron chi connectivity index (χ1n) is 9.59. The smallest absolute Gasteiger partial charge is 0.287 e. The van der Waals surface area contributed by atoms with Crippen molar-refractivity contribution in [2.75, 3.05) is 33.8 Å². The molecule has 0 saturated heterocycles. The fourth-order valence-corrected chi connectivity index (χ4v) is 2.74. The standard InChI is InChI=1S/C23H23N3O5/c1-26(2)13-14-30-19-6-3-7-20-18(19)15-21(31-20)23(28)24-12-4-5-16-8-10-17(11-9-16)22(27)25-29/h3,6-11,15,29H,12-14H2,1-2H3,(H,24,28)(H,25,27). The molecule has 0 saturated carbocycles. The highest BCUT2D eigenvalue weighted by atomic mass is 16.5. The van der Waals surface area contributed by atoms with E-state index in [1.54, 1.807) is 41.9 Å². The number of hydrogen-bond acceptors (Lipinski definition) is 6. The third-order valence-corrected chi connectivity index (χ3v) is 4.36. The number of hydrogen-bond donors (Lipinski definition) is 3. The van der Waals surface area contributed by atoms with Crippen molar-refractivity contribution in [2.24, 2.45) is 0 Å². The molecule has 0 bridgehead atoms. The van der Waals surface area contributed by atoms with E-state index < -0.39 is 5.91 Å². The third kappa shape index (κ3) is 5.85. The van der Waals surface area contributed by atoms with Crippen molar-refractivity contribution in [3.05, 3.63) is 65.4 Å². The van der Waals surface area contributed by atoms with Crippen LogP contribution >= 0.6 is 0 Å². The van der Waals surface area contributed by atoms with E-state index in [1.165, 1.54) is 0 Å². The summed E-state index contributed by atoms with van der Waals surface area (Å²) in [5, 5.41) is 12.0. The minimum absolute atomic E-state index is 0.126. The molecular weight excluding hydrogens is 398 g/mol. The van der Waals surface area contributed by atoms with Gasteiger partial charge in [0.25, 0.3) is 11.8 Å². The van der Waals surface area contributed by atoms with Crippen LogP contribution in [0.1, 0.15) is 26.5 Å². The predicted molar refractivity (Wildman–Crippen MR) is 115 cm³/mol. The molecule has 0 spiro atoms. The van der Waals surface area contributed by atoms with Gasteiger partial charge in [0.05, 0.1) is 11.9 Å². The zero-order valence-electron chi connectivity index (χ0n) is 17.3. The maximum atomic E-state index is 12.4. The van der Waals surface area contributed by atoms with E-state index in [-0.39, 0.29) is 18.2 Å². The number of rotatable bonds is 7. The number of hydroxylamine groups is 1. The Hall–Kier alpha value is -3.80. The lowest BCUT2D eigenvalue weighted by molar-refractivity contribution is 0.0706. The number of amides is 2. The highest BCUT2D eigenvalue weighted by molar-refractivity contribution is 5.97. The van der Waals surface area contributed by atoms with Crippen LogP contribution in [0.15, 0.2) is 52.9 Å². The molecule has 1 heterocycles. The normalized spacial score (nSPS) is 10.5. The minimum atomic E-state index is -0.594. The average Bonchev–Trinajstić information content (AvgIpc) is 3.21. The molecule has 0 aliphatic carbocycles. The van der Waals surface area contributed by atoms with Gasteiger partial charge in [0.1, 0.15) is 17.9 Å². The van der Waals surface area contributed by atoms with Crippen LogP contribution in [-0.4, -0.2) is 55.7 Å². The van der Waals surface area contributed by atoms with Crippen LogP contribution in [-0.2, 0) is 0 Å². The van der Waals surface area contributed by atoms with Crippen LogP contribution in [0.3, 0.4) is 0 Å². The van der Waals surface area contributed by atoms with Crippen molar-refractivity contribution in [1.29, 1.82) is 0 Å². The van der Waals surface area contributed by atoms with Crippen LogP contribution < -0.4 is 15.5 Å². The highest BCUT2D eigenvalue weighted by Crippen LogP contribution is 2.28. The van der Waals surface area contributed by atoms with E-state index in [2.05, 4.69) is 17.2 Å². The van der Waals surface area contributed by atoms with Crippen LogP contribution in [0.2, 0.25) is 0 Å². The molecule has 0 fully saturated rings. The Labute approximate surface area is 179 Å². The summed E-state index contributed by atoms with van der Waals surface area (Å²) in [7, 11) is 3.94. The molecule has 0 aliphatic heterocycles. The molecule has 31 heavy (non-hydrogen) atoms. The van der Waals surface area contributed by atoms with Gasteiger partial charge < -0.3 is 19.4 Å². The Bertz CT molecular complexity index is 1120. The first-order valence-corrected chi connectivity index (χ1v) is 9.59. The lowest BCUT2D eigenvalue weighted by Crippen LogP contribution is -2.23. The largest absolute Gasteiger partial charge is 0.491 e. The molecule has 0 radical (unpaired) electrons. The Morgan fingerprint density at radius 2 is 1.90 bits per heavy atom. The number of fused-ring (bicyclic) bond motifs is 1. The summed E-state index contributed by atoms with van der Waals surface area (Å²) in [4.78, 5) is 25.7. The number of ether oxygens (including phenoxy) is 1. The Morgan fingerprint density at radius 1 is 1.13 bits per heavy atom. The Morgan fingerprint density at radius 3 is 2.61 bits per heavy atom. The fraction of sp³-hybridized carbons (Fsp3) is 0.217. The molecule has 0 atom stereocenters. The number of benzene rings is 2. The van der Waals surface area contributed by atoms with Crippen molar-refractivity contribution in [1.82, 2.24) is 15.7 Å². The summed E-state index contributed by atoms with van der Waals surface area (Å²) < 4.78 is 11.5. The molecule has 0 aliphatic rings. The monoisotopic (exact) mass is 421 g/mol. The van der Waals surface area contributed by atoms with Gasteiger partial charge in [-0.15, -0.1) is 0 Å². The number of carbonyl (C=O) groups is 2. The summed E-state index contributed by atoms with van der Waals surface area (Å²) in [5.41, 5.74) is 3.13. The van der Waals surface area contributed by atoms with Gasteiger partial charge in [-0.05, 0) is 50.5 Å². The van der Waals surface area contributed by atoms with Gasteiger partial charge in [0.2, 0.25) is 0 Å². The lowest BCUT2D eigenvalue weighted by atomic mass is 10.1. The van der Waals surface area contributed by atoms with Crippen molar-refractivity contribution >= 4 is 22.8 Å².